The molecule has 96 valence electrons. The molecule has 2 rings (SSSR count). The summed E-state index contributed by atoms with van der Waals surface area (Å²) in [6.07, 6.45) is 2.33. The van der Waals surface area contributed by atoms with Crippen molar-refractivity contribution in [3.05, 3.63) is 38.9 Å². The Morgan fingerprint density at radius 1 is 1.56 bits per heavy atom. The number of rotatable bonds is 4. The fourth-order valence-corrected chi connectivity index (χ4v) is 2.62. The summed E-state index contributed by atoms with van der Waals surface area (Å²) in [5.41, 5.74) is 7.86. The lowest BCUT2D eigenvalue weighted by Gasteiger charge is -2.17. The number of anilines is 1. The lowest BCUT2D eigenvalue weighted by Crippen LogP contribution is -2.20. The molecule has 2 aromatic heterocycles. The number of nitrogens with one attached hydrogen (secondary N) is 1. The number of likely N-dealkylation sites (N-methyl/N-ethyl adjacent to an activating group) is 1. The van der Waals surface area contributed by atoms with Crippen molar-refractivity contribution in [2.75, 3.05) is 12.8 Å². The van der Waals surface area contributed by atoms with Crippen LogP contribution in [0, 0.1) is 6.92 Å². The zero-order valence-corrected chi connectivity index (χ0v) is 11.8. The molecule has 0 aliphatic heterocycles. The van der Waals surface area contributed by atoms with Crippen LogP contribution in [0.1, 0.15) is 22.3 Å². The van der Waals surface area contributed by atoms with Crippen LogP contribution in [0.25, 0.3) is 0 Å². The van der Waals surface area contributed by atoms with Crippen LogP contribution in [0.15, 0.2) is 17.6 Å². The van der Waals surface area contributed by atoms with E-state index in [2.05, 4.69) is 20.7 Å². The first kappa shape index (κ1) is 13.3. The number of nitrogen functional groups attached to an aromatic ring is 1. The number of aromatic nitrogens is 2. The summed E-state index contributed by atoms with van der Waals surface area (Å²) in [6, 6.07) is 1.92. The van der Waals surface area contributed by atoms with Gasteiger partial charge in [0.2, 0.25) is 0 Å². The highest BCUT2D eigenvalue weighted by Crippen LogP contribution is 2.25. The summed E-state index contributed by atoms with van der Waals surface area (Å²) in [5, 5.41) is 6.95. The van der Waals surface area contributed by atoms with Crippen molar-refractivity contribution in [2.24, 2.45) is 0 Å². The molecule has 4 nitrogen and oxygen atoms in total. The van der Waals surface area contributed by atoms with Crippen molar-refractivity contribution in [3.63, 3.8) is 0 Å². The lowest BCUT2D eigenvalue weighted by molar-refractivity contribution is 0.585. The first-order valence-corrected chi connectivity index (χ1v) is 6.85. The van der Waals surface area contributed by atoms with Crippen LogP contribution in [-0.2, 0) is 6.42 Å². The standard InChI is InChI=1S/C12H15ClN4S/c1-7-17-9(6-18-7)4-11(15-2)10-3-8(13)5-16-12(10)14/h3,5-6,11,15H,4H2,1-2H3,(H2,14,16). The van der Waals surface area contributed by atoms with E-state index in [1.807, 2.05) is 20.0 Å². The van der Waals surface area contributed by atoms with E-state index in [1.54, 1.807) is 17.5 Å². The zero-order chi connectivity index (χ0) is 13.1. The monoisotopic (exact) mass is 282 g/mol. The van der Waals surface area contributed by atoms with Crippen molar-refractivity contribution in [2.45, 2.75) is 19.4 Å². The van der Waals surface area contributed by atoms with Crippen LogP contribution in [0.2, 0.25) is 5.02 Å². The normalized spacial score (nSPS) is 12.6. The second-order valence-corrected chi connectivity index (χ2v) is 5.53. The average molecular weight is 283 g/mol. The van der Waals surface area contributed by atoms with Crippen molar-refractivity contribution in [1.29, 1.82) is 0 Å². The number of aryl methyl sites for hydroxylation is 1. The fourth-order valence-electron chi connectivity index (χ4n) is 1.82. The molecule has 2 aromatic rings. The van der Waals surface area contributed by atoms with Crippen LogP contribution in [-0.4, -0.2) is 17.0 Å². The second kappa shape index (κ2) is 5.65. The molecule has 0 spiro atoms. The van der Waals surface area contributed by atoms with Crippen molar-refractivity contribution >= 4 is 28.8 Å². The van der Waals surface area contributed by atoms with Crippen LogP contribution in [0.3, 0.4) is 0 Å². The van der Waals surface area contributed by atoms with Crippen molar-refractivity contribution in [3.8, 4) is 0 Å². The maximum atomic E-state index is 5.97. The summed E-state index contributed by atoms with van der Waals surface area (Å²) in [5.74, 6) is 0.505. The SMILES string of the molecule is CNC(Cc1csc(C)n1)c1cc(Cl)cnc1N. The number of halogens is 1. The second-order valence-electron chi connectivity index (χ2n) is 4.03. The molecule has 0 saturated carbocycles. The Labute approximate surface area is 115 Å². The minimum atomic E-state index is 0.0673. The molecule has 3 N–H and O–H groups in total. The maximum Gasteiger partial charge on any atom is 0.128 e. The van der Waals surface area contributed by atoms with Gasteiger partial charge in [-0.2, -0.15) is 0 Å². The molecular weight excluding hydrogens is 268 g/mol. The van der Waals surface area contributed by atoms with Gasteiger partial charge in [-0.3, -0.25) is 0 Å². The minimum absolute atomic E-state index is 0.0673. The van der Waals surface area contributed by atoms with E-state index < -0.39 is 0 Å². The van der Waals surface area contributed by atoms with E-state index in [9.17, 15) is 0 Å². The Morgan fingerprint density at radius 3 is 2.94 bits per heavy atom. The van der Waals surface area contributed by atoms with Crippen LogP contribution in [0.4, 0.5) is 5.82 Å². The first-order valence-electron chi connectivity index (χ1n) is 5.59. The summed E-state index contributed by atoms with van der Waals surface area (Å²) >= 11 is 7.61. The highest BCUT2D eigenvalue weighted by Gasteiger charge is 2.16. The van der Waals surface area contributed by atoms with Gasteiger partial charge in [0.05, 0.1) is 15.7 Å². The molecule has 18 heavy (non-hydrogen) atoms. The highest BCUT2D eigenvalue weighted by atomic mass is 35.5. The van der Waals surface area contributed by atoms with E-state index in [1.165, 1.54) is 0 Å². The van der Waals surface area contributed by atoms with Gasteiger partial charge in [-0.25, -0.2) is 9.97 Å². The van der Waals surface area contributed by atoms with Crippen molar-refractivity contribution < 1.29 is 0 Å². The van der Waals surface area contributed by atoms with Crippen LogP contribution < -0.4 is 11.1 Å². The Balaban J connectivity index is 2.25. The summed E-state index contributed by atoms with van der Waals surface area (Å²) in [6.45, 7) is 2.00. The van der Waals surface area contributed by atoms with Gasteiger partial charge >= 0.3 is 0 Å². The van der Waals surface area contributed by atoms with Gasteiger partial charge in [-0.15, -0.1) is 11.3 Å². The molecule has 0 amide bonds. The summed E-state index contributed by atoms with van der Waals surface area (Å²) < 4.78 is 0. The minimum Gasteiger partial charge on any atom is -0.383 e. The Bertz CT molecular complexity index is 541. The third-order valence-corrected chi connectivity index (χ3v) is 3.75. The molecule has 0 fully saturated rings. The number of thiazole rings is 1. The summed E-state index contributed by atoms with van der Waals surface area (Å²) in [7, 11) is 1.89. The van der Waals surface area contributed by atoms with E-state index in [4.69, 9.17) is 17.3 Å². The number of hydrogen-bond donors (Lipinski definition) is 2. The molecule has 1 unspecified atom stereocenters. The molecule has 0 aromatic carbocycles. The quantitative estimate of drug-likeness (QED) is 0.905. The highest BCUT2D eigenvalue weighted by molar-refractivity contribution is 7.09. The molecule has 0 saturated heterocycles. The van der Waals surface area contributed by atoms with E-state index in [0.29, 0.717) is 10.8 Å². The number of nitrogens with two attached hydrogens (primary N) is 1. The van der Waals surface area contributed by atoms with Gasteiger partial charge in [0.15, 0.2) is 0 Å². The Hall–Kier alpha value is -1.17. The topological polar surface area (TPSA) is 63.8 Å². The average Bonchev–Trinajstić information content (AvgIpc) is 2.75. The number of pyridine rings is 1. The van der Waals surface area contributed by atoms with Crippen LogP contribution >= 0.6 is 22.9 Å². The molecular formula is C12H15ClN4S. The zero-order valence-electron chi connectivity index (χ0n) is 10.3. The van der Waals surface area contributed by atoms with E-state index in [0.717, 1.165) is 22.7 Å². The molecule has 1 atom stereocenters. The molecule has 6 heteroatoms. The van der Waals surface area contributed by atoms with Crippen molar-refractivity contribution in [1.82, 2.24) is 15.3 Å². The van der Waals surface area contributed by atoms with Gasteiger partial charge in [0.1, 0.15) is 5.82 Å². The predicted molar refractivity (Wildman–Crippen MR) is 76.0 cm³/mol. The molecule has 0 radical (unpaired) electrons. The van der Waals surface area contributed by atoms with E-state index >= 15 is 0 Å². The Kier molecular flexibility index (Phi) is 4.16. The maximum absolute atomic E-state index is 5.97. The van der Waals surface area contributed by atoms with Gasteiger partial charge < -0.3 is 11.1 Å². The summed E-state index contributed by atoms with van der Waals surface area (Å²) in [4.78, 5) is 8.54. The molecule has 2 heterocycles. The third kappa shape index (κ3) is 2.98. The molecule has 0 aliphatic rings. The number of hydrogen-bond acceptors (Lipinski definition) is 5. The van der Waals surface area contributed by atoms with Gasteiger partial charge in [-0.05, 0) is 20.0 Å². The Morgan fingerprint density at radius 2 is 2.33 bits per heavy atom. The van der Waals surface area contributed by atoms with Crippen LogP contribution in [0.5, 0.6) is 0 Å². The first-order chi connectivity index (χ1) is 8.60. The fraction of sp³-hybridized carbons (Fsp3) is 0.333. The smallest absolute Gasteiger partial charge is 0.128 e. The molecule has 0 aliphatic carbocycles. The van der Waals surface area contributed by atoms with Gasteiger partial charge in [0, 0.05) is 29.6 Å². The predicted octanol–water partition coefficient (Wildman–Crippen LogP) is 2.59. The van der Waals surface area contributed by atoms with Gasteiger partial charge in [-0.1, -0.05) is 11.6 Å². The van der Waals surface area contributed by atoms with Gasteiger partial charge in [0.25, 0.3) is 0 Å². The third-order valence-electron chi connectivity index (χ3n) is 2.72. The molecule has 0 bridgehead atoms. The lowest BCUT2D eigenvalue weighted by atomic mass is 10.0. The van der Waals surface area contributed by atoms with E-state index in [-0.39, 0.29) is 6.04 Å². The number of nitrogens with zero attached hydrogens (tertiary/aromatic N) is 2. The largest absolute Gasteiger partial charge is 0.383 e.